The minimum absolute atomic E-state index is 0.646. The quantitative estimate of drug-likeness (QED) is 0.175. The molecule has 4 aromatic heterocycles. The highest BCUT2D eigenvalue weighted by atomic mass is 32.1. The first kappa shape index (κ1) is 31.9. The minimum atomic E-state index is 0.646. The maximum Gasteiger partial charge on any atom is 0.165 e. The fourth-order valence-corrected chi connectivity index (χ4v) is 9.63. The van der Waals surface area contributed by atoms with Gasteiger partial charge in [-0.3, -0.25) is 0 Å². The topological polar surface area (TPSA) is 65.0 Å². The molecule has 0 saturated carbocycles. The lowest BCUT2D eigenvalue weighted by Crippen LogP contribution is -2.00. The van der Waals surface area contributed by atoms with E-state index in [2.05, 4.69) is 103 Å². The first-order chi connectivity index (χ1) is 28.2. The smallest absolute Gasteiger partial charge is 0.165 e. The van der Waals surface area contributed by atoms with Gasteiger partial charge in [-0.05, 0) is 29.8 Å². The molecule has 0 aliphatic heterocycles. The molecule has 0 aliphatic rings. The van der Waals surface area contributed by atoms with E-state index in [1.807, 2.05) is 72.8 Å². The van der Waals surface area contributed by atoms with E-state index in [1.54, 1.807) is 11.3 Å². The lowest BCUT2D eigenvalue weighted by molar-refractivity contribution is 0.668. The van der Waals surface area contributed by atoms with Crippen LogP contribution in [0, 0.1) is 0 Å². The zero-order valence-electron chi connectivity index (χ0n) is 30.3. The summed E-state index contributed by atoms with van der Waals surface area (Å²) < 4.78 is 15.4. The van der Waals surface area contributed by atoms with Gasteiger partial charge in [-0.15, -0.1) is 11.3 Å². The van der Waals surface area contributed by atoms with Gasteiger partial charge in [0.15, 0.2) is 17.5 Å². The lowest BCUT2D eigenvalue weighted by Gasteiger charge is -2.09. The van der Waals surface area contributed by atoms with Crippen LogP contribution in [0.1, 0.15) is 0 Å². The van der Waals surface area contributed by atoms with Gasteiger partial charge in [-0.25, -0.2) is 15.0 Å². The van der Waals surface area contributed by atoms with Crippen LogP contribution >= 0.6 is 11.3 Å². The predicted molar refractivity (Wildman–Crippen MR) is 234 cm³/mol. The molecule has 0 saturated heterocycles. The summed E-state index contributed by atoms with van der Waals surface area (Å²) >= 11 is 1.78. The molecular formula is C51H29N3O2S. The maximum atomic E-state index is 6.99. The van der Waals surface area contributed by atoms with Gasteiger partial charge in [0.2, 0.25) is 0 Å². The molecule has 4 heterocycles. The standard InChI is InChI=1S/C51H29N3O2S/c1-3-13-30(14-4-1)49-52-50(31-15-5-2-6-16-31)54-51(53-49)41-25-12-24-40-39-23-11-22-38(47(39)57-48(40)41)37-21-10-20-36-35-19-9-18-33(45(35)56-46(36)37)32-27-28-44-42(29-32)34-17-7-8-26-43(34)55-44/h1-29H. The Balaban J connectivity index is 1.04. The summed E-state index contributed by atoms with van der Waals surface area (Å²) in [6.45, 7) is 0. The van der Waals surface area contributed by atoms with Gasteiger partial charge in [0, 0.05) is 75.1 Å². The summed E-state index contributed by atoms with van der Waals surface area (Å²) in [4.78, 5) is 15.1. The molecule has 0 spiro atoms. The van der Waals surface area contributed by atoms with Crippen molar-refractivity contribution in [1.82, 2.24) is 15.0 Å². The van der Waals surface area contributed by atoms with Crippen LogP contribution in [-0.2, 0) is 0 Å². The van der Waals surface area contributed by atoms with E-state index in [0.717, 1.165) is 87.5 Å². The first-order valence-corrected chi connectivity index (χ1v) is 19.7. The Kier molecular flexibility index (Phi) is 7.03. The molecule has 8 aromatic carbocycles. The molecule has 0 atom stereocenters. The van der Waals surface area contributed by atoms with Crippen molar-refractivity contribution in [1.29, 1.82) is 0 Å². The predicted octanol–water partition coefficient (Wildman–Crippen LogP) is 14.4. The largest absolute Gasteiger partial charge is 0.456 e. The number of fused-ring (bicyclic) bond motifs is 9. The van der Waals surface area contributed by atoms with Crippen molar-refractivity contribution < 1.29 is 8.83 Å². The van der Waals surface area contributed by atoms with Crippen molar-refractivity contribution in [3.8, 4) is 56.4 Å². The van der Waals surface area contributed by atoms with Crippen LogP contribution in [0.5, 0.6) is 0 Å². The number of thiophene rings is 1. The Morgan fingerprint density at radius 2 is 0.825 bits per heavy atom. The van der Waals surface area contributed by atoms with Crippen molar-refractivity contribution in [2.24, 2.45) is 0 Å². The number of aromatic nitrogens is 3. The third-order valence-electron chi connectivity index (χ3n) is 11.0. The molecule has 0 unspecified atom stereocenters. The molecule has 0 radical (unpaired) electrons. The molecule has 0 amide bonds. The number of para-hydroxylation sites is 3. The van der Waals surface area contributed by atoms with E-state index in [1.165, 1.54) is 15.5 Å². The van der Waals surface area contributed by atoms with Crippen LogP contribution in [0.2, 0.25) is 0 Å². The van der Waals surface area contributed by atoms with E-state index in [-0.39, 0.29) is 0 Å². The molecule has 57 heavy (non-hydrogen) atoms. The van der Waals surface area contributed by atoms with Crippen molar-refractivity contribution in [2.75, 3.05) is 0 Å². The second kappa shape index (κ2) is 12.6. The monoisotopic (exact) mass is 747 g/mol. The zero-order chi connectivity index (χ0) is 37.5. The average Bonchev–Trinajstić information content (AvgIpc) is 3.98. The molecule has 12 aromatic rings. The van der Waals surface area contributed by atoms with Crippen LogP contribution in [0.25, 0.3) is 120 Å². The second-order valence-electron chi connectivity index (χ2n) is 14.3. The number of nitrogens with zero attached hydrogens (tertiary/aromatic N) is 3. The SMILES string of the molecule is c1ccc(-c2nc(-c3ccccc3)nc(-c3cccc4c3sc3c(-c5cccc6c5oc5c(-c7ccc8oc9ccccc9c8c7)cccc56)cccc34)n2)cc1. The summed E-state index contributed by atoms with van der Waals surface area (Å²) in [5.41, 5.74) is 10.7. The highest BCUT2D eigenvalue weighted by molar-refractivity contribution is 7.26. The van der Waals surface area contributed by atoms with Gasteiger partial charge >= 0.3 is 0 Å². The second-order valence-corrected chi connectivity index (χ2v) is 15.3. The van der Waals surface area contributed by atoms with E-state index in [4.69, 9.17) is 23.8 Å². The highest BCUT2D eigenvalue weighted by Gasteiger charge is 2.21. The van der Waals surface area contributed by atoms with E-state index in [9.17, 15) is 0 Å². The number of hydrogen-bond donors (Lipinski definition) is 0. The average molecular weight is 748 g/mol. The first-order valence-electron chi connectivity index (χ1n) is 18.9. The van der Waals surface area contributed by atoms with Gasteiger partial charge in [0.25, 0.3) is 0 Å². The van der Waals surface area contributed by atoms with Gasteiger partial charge in [-0.1, -0.05) is 152 Å². The zero-order valence-corrected chi connectivity index (χ0v) is 31.1. The van der Waals surface area contributed by atoms with E-state index in [0.29, 0.717) is 17.5 Å². The van der Waals surface area contributed by atoms with Crippen LogP contribution in [-0.4, -0.2) is 15.0 Å². The molecule has 12 rings (SSSR count). The van der Waals surface area contributed by atoms with E-state index >= 15 is 0 Å². The number of rotatable bonds is 5. The third-order valence-corrected chi connectivity index (χ3v) is 12.3. The molecule has 0 N–H and O–H groups in total. The van der Waals surface area contributed by atoms with Gasteiger partial charge in [-0.2, -0.15) is 0 Å². The van der Waals surface area contributed by atoms with Gasteiger partial charge in [0.1, 0.15) is 22.3 Å². The van der Waals surface area contributed by atoms with Crippen molar-refractivity contribution in [3.63, 3.8) is 0 Å². The fraction of sp³-hybridized carbons (Fsp3) is 0. The Hall–Kier alpha value is -7.41. The van der Waals surface area contributed by atoms with Gasteiger partial charge in [0.05, 0.1) is 0 Å². The normalized spacial score (nSPS) is 11.9. The molecule has 6 heteroatoms. The van der Waals surface area contributed by atoms with Crippen molar-refractivity contribution in [2.45, 2.75) is 0 Å². The number of benzene rings is 8. The van der Waals surface area contributed by atoms with Crippen LogP contribution < -0.4 is 0 Å². The van der Waals surface area contributed by atoms with Crippen molar-refractivity contribution in [3.05, 3.63) is 176 Å². The molecule has 5 nitrogen and oxygen atoms in total. The lowest BCUT2D eigenvalue weighted by atomic mass is 9.98. The van der Waals surface area contributed by atoms with Crippen LogP contribution in [0.4, 0.5) is 0 Å². The molecular weight excluding hydrogens is 719 g/mol. The molecule has 266 valence electrons. The molecule has 0 aliphatic carbocycles. The van der Waals surface area contributed by atoms with Crippen LogP contribution in [0.3, 0.4) is 0 Å². The van der Waals surface area contributed by atoms with Crippen LogP contribution in [0.15, 0.2) is 185 Å². The summed E-state index contributed by atoms with van der Waals surface area (Å²) in [5, 5.41) is 6.73. The Morgan fingerprint density at radius 1 is 0.316 bits per heavy atom. The summed E-state index contributed by atoms with van der Waals surface area (Å²) in [5.74, 6) is 1.94. The Bertz CT molecular complexity index is 3470. The summed E-state index contributed by atoms with van der Waals surface area (Å²) in [7, 11) is 0. The van der Waals surface area contributed by atoms with Gasteiger partial charge < -0.3 is 8.83 Å². The minimum Gasteiger partial charge on any atom is -0.456 e. The maximum absolute atomic E-state index is 6.99. The fourth-order valence-electron chi connectivity index (χ4n) is 8.29. The van der Waals surface area contributed by atoms with E-state index < -0.39 is 0 Å². The Labute approximate surface area is 330 Å². The summed E-state index contributed by atoms with van der Waals surface area (Å²) in [6, 6.07) is 60.8. The molecule has 0 bridgehead atoms. The summed E-state index contributed by atoms with van der Waals surface area (Å²) in [6.07, 6.45) is 0. The number of furan rings is 2. The molecule has 0 fully saturated rings. The number of hydrogen-bond acceptors (Lipinski definition) is 6. The van der Waals surface area contributed by atoms with Crippen molar-refractivity contribution >= 4 is 75.4 Å². The Morgan fingerprint density at radius 3 is 1.53 bits per heavy atom. The highest BCUT2D eigenvalue weighted by Crippen LogP contribution is 2.47. The third kappa shape index (κ3) is 5.04.